The van der Waals surface area contributed by atoms with Gasteiger partial charge in [0.2, 0.25) is 0 Å². The summed E-state index contributed by atoms with van der Waals surface area (Å²) in [5.41, 5.74) is 1.33. The van der Waals surface area contributed by atoms with Gasteiger partial charge in [0.15, 0.2) is 0 Å². The topological polar surface area (TPSA) is 79.4 Å². The minimum atomic E-state index is -3.75. The van der Waals surface area contributed by atoms with Gasteiger partial charge in [-0.25, -0.2) is 8.42 Å². The monoisotopic (exact) mass is 367 g/mol. The molecule has 132 valence electrons. The van der Waals surface area contributed by atoms with E-state index >= 15 is 0 Å². The average molecular weight is 367 g/mol. The summed E-state index contributed by atoms with van der Waals surface area (Å²) < 4.78 is 26.9. The molecule has 0 bridgehead atoms. The Bertz CT molecular complexity index is 1010. The molecular weight excluding hydrogens is 350 g/mol. The van der Waals surface area contributed by atoms with Crippen molar-refractivity contribution in [2.45, 2.75) is 4.90 Å². The summed E-state index contributed by atoms with van der Waals surface area (Å²) in [7, 11) is -2.25. The highest BCUT2D eigenvalue weighted by molar-refractivity contribution is 7.92. The largest absolute Gasteiger partial charge is 0.322 e. The van der Waals surface area contributed by atoms with E-state index in [4.69, 9.17) is 0 Å². The zero-order chi connectivity index (χ0) is 18.6. The third-order valence-electron chi connectivity index (χ3n) is 3.79. The Morgan fingerprint density at radius 3 is 2.46 bits per heavy atom. The highest BCUT2D eigenvalue weighted by Gasteiger charge is 2.21. The molecule has 7 heteroatoms. The second-order valence-corrected chi connectivity index (χ2v) is 7.50. The van der Waals surface area contributed by atoms with Crippen LogP contribution in [0.4, 0.5) is 11.4 Å². The number of nitrogens with one attached hydrogen (secondary N) is 1. The molecule has 1 heterocycles. The molecule has 0 unspecified atom stereocenters. The Morgan fingerprint density at radius 2 is 1.77 bits per heavy atom. The molecule has 0 fully saturated rings. The zero-order valence-electron chi connectivity index (χ0n) is 14.0. The minimum absolute atomic E-state index is 0.0906. The quantitative estimate of drug-likeness (QED) is 0.751. The number of benzene rings is 2. The first-order chi connectivity index (χ1) is 12.5. The van der Waals surface area contributed by atoms with E-state index in [-0.39, 0.29) is 10.8 Å². The number of anilines is 2. The molecule has 6 nitrogen and oxygen atoms in total. The Balaban J connectivity index is 1.86. The first-order valence-corrected chi connectivity index (χ1v) is 9.28. The summed E-state index contributed by atoms with van der Waals surface area (Å²) in [6.07, 6.45) is 3.02. The first kappa shape index (κ1) is 17.6. The van der Waals surface area contributed by atoms with Gasteiger partial charge in [-0.15, -0.1) is 0 Å². The Hall–Kier alpha value is -3.19. The number of nitrogens with zero attached hydrogens (tertiary/aromatic N) is 2. The second kappa shape index (κ2) is 7.37. The molecule has 26 heavy (non-hydrogen) atoms. The summed E-state index contributed by atoms with van der Waals surface area (Å²) >= 11 is 0. The fraction of sp³-hybridized carbons (Fsp3) is 0.0526. The lowest BCUT2D eigenvalue weighted by Crippen LogP contribution is -2.26. The molecule has 0 aliphatic rings. The van der Waals surface area contributed by atoms with E-state index in [1.807, 2.05) is 6.07 Å². The molecule has 1 aromatic heterocycles. The lowest BCUT2D eigenvalue weighted by atomic mass is 10.2. The van der Waals surface area contributed by atoms with Gasteiger partial charge in [-0.3, -0.25) is 14.1 Å². The number of pyridine rings is 1. The van der Waals surface area contributed by atoms with Crippen LogP contribution in [0.3, 0.4) is 0 Å². The molecule has 0 saturated carbocycles. The van der Waals surface area contributed by atoms with E-state index in [1.54, 1.807) is 54.7 Å². The SMILES string of the molecule is CN(c1ccccc1)S(=O)(=O)c1cccc(NC(=O)c2cccnc2)c1. The van der Waals surface area contributed by atoms with Crippen molar-refractivity contribution in [3.63, 3.8) is 0 Å². The second-order valence-electron chi connectivity index (χ2n) is 5.53. The van der Waals surface area contributed by atoms with Gasteiger partial charge in [-0.2, -0.15) is 0 Å². The predicted octanol–water partition coefficient (Wildman–Crippen LogP) is 3.16. The van der Waals surface area contributed by atoms with E-state index < -0.39 is 10.0 Å². The standard InChI is InChI=1S/C19H17N3O3S/c1-22(17-9-3-2-4-10-17)26(24,25)18-11-5-8-16(13-18)21-19(23)15-7-6-12-20-14-15/h2-14H,1H3,(H,21,23). The number of carbonyl (C=O) groups excluding carboxylic acids is 1. The first-order valence-electron chi connectivity index (χ1n) is 7.84. The van der Waals surface area contributed by atoms with Crippen molar-refractivity contribution in [3.05, 3.63) is 84.7 Å². The van der Waals surface area contributed by atoms with Crippen molar-refractivity contribution in [1.82, 2.24) is 4.98 Å². The zero-order valence-corrected chi connectivity index (χ0v) is 14.8. The lowest BCUT2D eigenvalue weighted by Gasteiger charge is -2.19. The molecule has 1 amide bonds. The summed E-state index contributed by atoms with van der Waals surface area (Å²) in [6, 6.07) is 18.2. The number of aromatic nitrogens is 1. The summed E-state index contributed by atoms with van der Waals surface area (Å²) in [4.78, 5) is 16.2. The maximum Gasteiger partial charge on any atom is 0.264 e. The van der Waals surface area contributed by atoms with Crippen molar-refractivity contribution in [1.29, 1.82) is 0 Å². The van der Waals surface area contributed by atoms with Crippen molar-refractivity contribution in [2.75, 3.05) is 16.7 Å². The molecular formula is C19H17N3O3S. The van der Waals surface area contributed by atoms with Crippen LogP contribution in [0, 0.1) is 0 Å². The highest BCUT2D eigenvalue weighted by Crippen LogP contribution is 2.23. The molecule has 3 aromatic rings. The third-order valence-corrected chi connectivity index (χ3v) is 5.58. The van der Waals surface area contributed by atoms with Crippen LogP contribution in [0.1, 0.15) is 10.4 Å². The number of amides is 1. The number of sulfonamides is 1. The molecule has 0 atom stereocenters. The summed E-state index contributed by atoms with van der Waals surface area (Å²) in [5, 5.41) is 2.69. The number of rotatable bonds is 5. The van der Waals surface area contributed by atoms with Crippen LogP contribution in [0.5, 0.6) is 0 Å². The average Bonchev–Trinajstić information content (AvgIpc) is 2.69. The van der Waals surface area contributed by atoms with Crippen LogP contribution in [-0.4, -0.2) is 26.4 Å². The van der Waals surface area contributed by atoms with Gasteiger partial charge < -0.3 is 5.32 Å². The van der Waals surface area contributed by atoms with Crippen LogP contribution in [0.25, 0.3) is 0 Å². The molecule has 1 N–H and O–H groups in total. The highest BCUT2D eigenvalue weighted by atomic mass is 32.2. The van der Waals surface area contributed by atoms with Gasteiger partial charge in [0, 0.05) is 25.1 Å². The molecule has 0 spiro atoms. The summed E-state index contributed by atoms with van der Waals surface area (Å²) in [5.74, 6) is -0.357. The van der Waals surface area contributed by atoms with Gasteiger partial charge in [-0.1, -0.05) is 24.3 Å². The fourth-order valence-corrected chi connectivity index (χ4v) is 3.61. The van der Waals surface area contributed by atoms with Crippen molar-refractivity contribution in [3.8, 4) is 0 Å². The molecule has 3 rings (SSSR count). The summed E-state index contributed by atoms with van der Waals surface area (Å²) in [6.45, 7) is 0. The Labute approximate surface area is 152 Å². The number of para-hydroxylation sites is 1. The van der Waals surface area contributed by atoms with Gasteiger partial charge in [0.25, 0.3) is 15.9 Å². The van der Waals surface area contributed by atoms with Crippen LogP contribution in [0.2, 0.25) is 0 Å². The van der Waals surface area contributed by atoms with E-state index in [1.165, 1.54) is 29.7 Å². The van der Waals surface area contributed by atoms with Gasteiger partial charge in [-0.05, 0) is 42.5 Å². The van der Waals surface area contributed by atoms with E-state index in [2.05, 4.69) is 10.3 Å². The Kier molecular flexibility index (Phi) is 4.99. The molecule has 0 aliphatic heterocycles. The van der Waals surface area contributed by atoms with Crippen molar-refractivity contribution < 1.29 is 13.2 Å². The predicted molar refractivity (Wildman–Crippen MR) is 101 cm³/mol. The Morgan fingerprint density at radius 1 is 1.00 bits per heavy atom. The third kappa shape index (κ3) is 3.73. The van der Waals surface area contributed by atoms with E-state index in [0.717, 1.165) is 0 Å². The van der Waals surface area contributed by atoms with Crippen LogP contribution >= 0.6 is 0 Å². The number of hydrogen-bond donors (Lipinski definition) is 1. The smallest absolute Gasteiger partial charge is 0.264 e. The normalized spacial score (nSPS) is 11.0. The molecule has 0 aliphatic carbocycles. The minimum Gasteiger partial charge on any atom is -0.322 e. The van der Waals surface area contributed by atoms with Crippen molar-refractivity contribution >= 4 is 27.3 Å². The van der Waals surface area contributed by atoms with Crippen molar-refractivity contribution in [2.24, 2.45) is 0 Å². The molecule has 0 radical (unpaired) electrons. The molecule has 0 saturated heterocycles. The lowest BCUT2D eigenvalue weighted by molar-refractivity contribution is 0.102. The van der Waals surface area contributed by atoms with E-state index in [0.29, 0.717) is 16.9 Å². The molecule has 2 aromatic carbocycles. The van der Waals surface area contributed by atoms with Crippen LogP contribution in [-0.2, 0) is 10.0 Å². The van der Waals surface area contributed by atoms with Gasteiger partial charge in [0.1, 0.15) is 0 Å². The van der Waals surface area contributed by atoms with E-state index in [9.17, 15) is 13.2 Å². The number of hydrogen-bond acceptors (Lipinski definition) is 4. The van der Waals surface area contributed by atoms with Gasteiger partial charge >= 0.3 is 0 Å². The fourth-order valence-electron chi connectivity index (χ4n) is 2.37. The number of carbonyl (C=O) groups is 1. The maximum absolute atomic E-state index is 12.8. The van der Waals surface area contributed by atoms with Crippen LogP contribution in [0.15, 0.2) is 84.0 Å². The van der Waals surface area contributed by atoms with Crippen LogP contribution < -0.4 is 9.62 Å². The maximum atomic E-state index is 12.8. The van der Waals surface area contributed by atoms with Gasteiger partial charge in [0.05, 0.1) is 16.1 Å².